The highest BCUT2D eigenvalue weighted by Gasteiger charge is 2.31. The van der Waals surface area contributed by atoms with Crippen LogP contribution in [0.4, 0.5) is 5.69 Å². The van der Waals surface area contributed by atoms with Crippen LogP contribution in [0.25, 0.3) is 0 Å². The van der Waals surface area contributed by atoms with Crippen LogP contribution in [0.5, 0.6) is 0 Å². The Labute approximate surface area is 162 Å². The quantitative estimate of drug-likeness (QED) is 0.701. The van der Waals surface area contributed by atoms with Gasteiger partial charge in [-0.15, -0.1) is 0 Å². The van der Waals surface area contributed by atoms with E-state index in [4.69, 9.17) is 0 Å². The standard InChI is InChI=1S/C19H21BrN2O3S/c1-2-3-11-21-19(23)15-4-9-18-14(13-15)10-12-22(18)26(24,25)17-7-5-16(20)6-8-17/h4-9,13H,2-3,10-12H2,1H3,(H,21,23). The van der Waals surface area contributed by atoms with Crippen molar-refractivity contribution < 1.29 is 13.2 Å². The van der Waals surface area contributed by atoms with Gasteiger partial charge in [-0.05, 0) is 60.9 Å². The number of carbonyl (C=O) groups is 1. The van der Waals surface area contributed by atoms with Crippen LogP contribution >= 0.6 is 15.9 Å². The molecule has 2 aromatic rings. The third kappa shape index (κ3) is 3.78. The average Bonchev–Trinajstić information content (AvgIpc) is 3.06. The van der Waals surface area contributed by atoms with Crippen LogP contribution in [-0.4, -0.2) is 27.4 Å². The number of rotatable bonds is 6. The van der Waals surface area contributed by atoms with Gasteiger partial charge in [0.2, 0.25) is 0 Å². The Bertz CT molecular complexity index is 911. The summed E-state index contributed by atoms with van der Waals surface area (Å²) in [5.41, 5.74) is 2.11. The fraction of sp³-hybridized carbons (Fsp3) is 0.316. The maximum Gasteiger partial charge on any atom is 0.264 e. The monoisotopic (exact) mass is 436 g/mol. The summed E-state index contributed by atoms with van der Waals surface area (Å²) < 4.78 is 28.1. The highest BCUT2D eigenvalue weighted by Crippen LogP contribution is 2.33. The Morgan fingerprint density at radius 1 is 1.19 bits per heavy atom. The highest BCUT2D eigenvalue weighted by atomic mass is 79.9. The molecular weight excluding hydrogens is 416 g/mol. The zero-order valence-corrected chi connectivity index (χ0v) is 16.9. The molecule has 1 heterocycles. The van der Waals surface area contributed by atoms with E-state index in [-0.39, 0.29) is 10.8 Å². The molecule has 0 aromatic heterocycles. The minimum absolute atomic E-state index is 0.115. The van der Waals surface area contributed by atoms with E-state index in [9.17, 15) is 13.2 Å². The van der Waals surface area contributed by atoms with Crippen LogP contribution in [0, 0.1) is 0 Å². The van der Waals surface area contributed by atoms with Crippen molar-refractivity contribution in [3.63, 3.8) is 0 Å². The van der Waals surface area contributed by atoms with Crippen LogP contribution in [0.15, 0.2) is 51.8 Å². The summed E-state index contributed by atoms with van der Waals surface area (Å²) in [6, 6.07) is 11.8. The van der Waals surface area contributed by atoms with E-state index in [0.717, 1.165) is 22.9 Å². The molecule has 0 saturated carbocycles. The molecule has 5 nitrogen and oxygen atoms in total. The second-order valence-corrected chi connectivity index (χ2v) is 9.01. The summed E-state index contributed by atoms with van der Waals surface area (Å²) in [4.78, 5) is 12.5. The number of amides is 1. The molecule has 7 heteroatoms. The summed E-state index contributed by atoms with van der Waals surface area (Å²) in [6.45, 7) is 3.10. The topological polar surface area (TPSA) is 66.5 Å². The molecule has 1 N–H and O–H groups in total. The Kier molecular flexibility index (Phi) is 5.67. The molecular formula is C19H21BrN2O3S. The van der Waals surface area contributed by atoms with Crippen LogP contribution in [0.1, 0.15) is 35.7 Å². The van der Waals surface area contributed by atoms with Crippen molar-refractivity contribution >= 4 is 37.5 Å². The predicted molar refractivity (Wildman–Crippen MR) is 106 cm³/mol. The summed E-state index contributed by atoms with van der Waals surface area (Å²) in [7, 11) is -3.61. The molecule has 0 radical (unpaired) electrons. The maximum absolute atomic E-state index is 12.9. The highest BCUT2D eigenvalue weighted by molar-refractivity contribution is 9.10. The van der Waals surface area contributed by atoms with Gasteiger partial charge in [0.05, 0.1) is 10.6 Å². The third-order valence-corrected chi connectivity index (χ3v) is 6.77. The number of nitrogens with zero attached hydrogens (tertiary/aromatic N) is 1. The molecule has 3 rings (SSSR count). The Hall–Kier alpha value is -1.86. The SMILES string of the molecule is CCCCNC(=O)c1ccc2c(c1)CCN2S(=O)(=O)c1ccc(Br)cc1. The van der Waals surface area contributed by atoms with Crippen molar-refractivity contribution in [2.75, 3.05) is 17.4 Å². The summed E-state index contributed by atoms with van der Waals surface area (Å²) in [5, 5.41) is 2.89. The van der Waals surface area contributed by atoms with Gasteiger partial charge in [-0.2, -0.15) is 0 Å². The lowest BCUT2D eigenvalue weighted by Gasteiger charge is -2.19. The summed E-state index contributed by atoms with van der Waals surface area (Å²) in [5.74, 6) is -0.115. The second kappa shape index (κ2) is 7.80. The van der Waals surface area contributed by atoms with E-state index < -0.39 is 10.0 Å². The van der Waals surface area contributed by atoms with Crippen molar-refractivity contribution in [2.45, 2.75) is 31.1 Å². The van der Waals surface area contributed by atoms with E-state index in [2.05, 4.69) is 28.2 Å². The zero-order valence-electron chi connectivity index (χ0n) is 14.5. The van der Waals surface area contributed by atoms with Crippen molar-refractivity contribution in [2.24, 2.45) is 0 Å². The molecule has 0 atom stereocenters. The minimum atomic E-state index is -3.61. The molecule has 138 valence electrons. The van der Waals surface area contributed by atoms with Gasteiger partial charge in [0.25, 0.3) is 15.9 Å². The fourth-order valence-corrected chi connectivity index (χ4v) is 4.74. The van der Waals surface area contributed by atoms with Crippen molar-refractivity contribution in [1.82, 2.24) is 5.32 Å². The number of benzene rings is 2. The van der Waals surface area contributed by atoms with E-state index in [0.29, 0.717) is 30.8 Å². The van der Waals surface area contributed by atoms with Crippen molar-refractivity contribution in [3.05, 3.63) is 58.1 Å². The molecule has 0 fully saturated rings. The lowest BCUT2D eigenvalue weighted by atomic mass is 10.1. The number of fused-ring (bicyclic) bond motifs is 1. The number of hydrogen-bond donors (Lipinski definition) is 1. The van der Waals surface area contributed by atoms with E-state index in [1.807, 2.05) is 0 Å². The summed E-state index contributed by atoms with van der Waals surface area (Å²) in [6.07, 6.45) is 2.56. The van der Waals surface area contributed by atoms with Crippen LogP contribution in [0.2, 0.25) is 0 Å². The zero-order chi connectivity index (χ0) is 18.7. The minimum Gasteiger partial charge on any atom is -0.352 e. The van der Waals surface area contributed by atoms with Gasteiger partial charge in [-0.25, -0.2) is 8.42 Å². The first-order valence-electron chi connectivity index (χ1n) is 8.63. The molecule has 1 aliphatic rings. The van der Waals surface area contributed by atoms with Crippen LogP contribution < -0.4 is 9.62 Å². The molecule has 0 unspecified atom stereocenters. The van der Waals surface area contributed by atoms with Gasteiger partial charge in [-0.3, -0.25) is 9.10 Å². The van der Waals surface area contributed by atoms with Crippen LogP contribution in [0.3, 0.4) is 0 Å². The van der Waals surface area contributed by atoms with E-state index >= 15 is 0 Å². The van der Waals surface area contributed by atoms with Gasteiger partial charge >= 0.3 is 0 Å². The normalized spacial score (nSPS) is 13.5. The third-order valence-electron chi connectivity index (χ3n) is 4.41. The first kappa shape index (κ1) is 18.9. The Morgan fingerprint density at radius 3 is 2.62 bits per heavy atom. The molecule has 2 aromatic carbocycles. The lowest BCUT2D eigenvalue weighted by molar-refractivity contribution is 0.0953. The summed E-state index contributed by atoms with van der Waals surface area (Å²) >= 11 is 3.32. The number of carbonyl (C=O) groups excluding carboxylic acids is 1. The molecule has 1 aliphatic heterocycles. The molecule has 0 bridgehead atoms. The average molecular weight is 437 g/mol. The second-order valence-electron chi connectivity index (χ2n) is 6.23. The number of nitrogens with one attached hydrogen (secondary N) is 1. The van der Waals surface area contributed by atoms with Gasteiger partial charge < -0.3 is 5.32 Å². The first-order chi connectivity index (χ1) is 12.4. The number of hydrogen-bond acceptors (Lipinski definition) is 3. The van der Waals surface area contributed by atoms with Gasteiger partial charge in [0.15, 0.2) is 0 Å². The Balaban J connectivity index is 1.84. The van der Waals surface area contributed by atoms with Gasteiger partial charge in [0.1, 0.15) is 0 Å². The molecule has 0 aliphatic carbocycles. The number of anilines is 1. The number of unbranched alkanes of at least 4 members (excludes halogenated alkanes) is 1. The van der Waals surface area contributed by atoms with Gasteiger partial charge in [0, 0.05) is 23.1 Å². The maximum atomic E-state index is 12.9. The molecule has 0 saturated heterocycles. The van der Waals surface area contributed by atoms with Crippen molar-refractivity contribution in [1.29, 1.82) is 0 Å². The van der Waals surface area contributed by atoms with Gasteiger partial charge in [-0.1, -0.05) is 29.3 Å². The molecule has 1 amide bonds. The number of halogens is 1. The van der Waals surface area contributed by atoms with Crippen molar-refractivity contribution in [3.8, 4) is 0 Å². The number of sulfonamides is 1. The molecule has 26 heavy (non-hydrogen) atoms. The Morgan fingerprint density at radius 2 is 1.92 bits per heavy atom. The van der Waals surface area contributed by atoms with E-state index in [1.165, 1.54) is 4.31 Å². The smallest absolute Gasteiger partial charge is 0.264 e. The lowest BCUT2D eigenvalue weighted by Crippen LogP contribution is -2.29. The fourth-order valence-electron chi connectivity index (χ4n) is 2.98. The predicted octanol–water partition coefficient (Wildman–Crippen LogP) is 3.73. The van der Waals surface area contributed by atoms with Crippen LogP contribution in [-0.2, 0) is 16.4 Å². The largest absolute Gasteiger partial charge is 0.352 e. The van der Waals surface area contributed by atoms with E-state index in [1.54, 1.807) is 42.5 Å². The molecule has 0 spiro atoms. The first-order valence-corrected chi connectivity index (χ1v) is 10.9.